The van der Waals surface area contributed by atoms with Crippen molar-refractivity contribution < 1.29 is 14.6 Å². The van der Waals surface area contributed by atoms with Gasteiger partial charge in [0.25, 0.3) is 0 Å². The molecule has 1 spiro atoms. The minimum Gasteiger partial charge on any atom is -0.481 e. The highest BCUT2D eigenvalue weighted by atomic mass is 16.6. The Labute approximate surface area is 81.6 Å². The molecular formula is C9H14N2O3. The first-order chi connectivity index (χ1) is 6.58. The molecule has 0 aromatic rings. The van der Waals surface area contributed by atoms with E-state index in [0.29, 0.717) is 32.5 Å². The van der Waals surface area contributed by atoms with Crippen LogP contribution >= 0.6 is 0 Å². The zero-order valence-corrected chi connectivity index (χ0v) is 7.88. The molecule has 2 bridgehead atoms. The Morgan fingerprint density at radius 2 is 2.14 bits per heavy atom. The quantitative estimate of drug-likeness (QED) is 0.525. The fraction of sp³-hybridized carbons (Fsp3) is 0.889. The molecule has 1 aliphatic carbocycles. The number of carboxylic acids is 1. The predicted octanol–water partition coefficient (Wildman–Crippen LogP) is -1.08. The first-order valence-electron chi connectivity index (χ1n) is 4.93. The minimum atomic E-state index is -0.722. The Bertz CT molecular complexity index is 305. The summed E-state index contributed by atoms with van der Waals surface area (Å²) < 4.78 is 5.89. The Hall–Kier alpha value is -0.650. The molecule has 0 atom stereocenters. The van der Waals surface area contributed by atoms with E-state index >= 15 is 0 Å². The molecule has 3 aliphatic heterocycles. The highest BCUT2D eigenvalue weighted by Crippen LogP contribution is 2.67. The molecule has 5 nitrogen and oxygen atoms in total. The predicted molar refractivity (Wildman–Crippen MR) is 47.8 cm³/mol. The second kappa shape index (κ2) is 2.13. The van der Waals surface area contributed by atoms with Crippen molar-refractivity contribution in [1.29, 1.82) is 0 Å². The topological polar surface area (TPSA) is 84.6 Å². The third-order valence-electron chi connectivity index (χ3n) is 4.13. The van der Waals surface area contributed by atoms with Gasteiger partial charge in [0.2, 0.25) is 0 Å². The lowest BCUT2D eigenvalue weighted by molar-refractivity contribution is -0.161. The van der Waals surface area contributed by atoms with E-state index in [9.17, 15) is 9.90 Å². The summed E-state index contributed by atoms with van der Waals surface area (Å²) in [6.07, 6.45) is 1.18. The summed E-state index contributed by atoms with van der Waals surface area (Å²) in [5.41, 5.74) is 4.18. The third kappa shape index (κ3) is 0.647. The van der Waals surface area contributed by atoms with Gasteiger partial charge in [0.1, 0.15) is 11.0 Å². The van der Waals surface area contributed by atoms with Crippen LogP contribution < -0.4 is 11.1 Å². The molecule has 0 aromatic carbocycles. The summed E-state index contributed by atoms with van der Waals surface area (Å²) >= 11 is 0. The summed E-state index contributed by atoms with van der Waals surface area (Å²) in [7, 11) is 0. The molecule has 78 valence electrons. The number of carbonyl (C=O) groups is 1. The van der Waals surface area contributed by atoms with Gasteiger partial charge in [-0.1, -0.05) is 0 Å². The van der Waals surface area contributed by atoms with Gasteiger partial charge >= 0.3 is 5.97 Å². The van der Waals surface area contributed by atoms with Crippen molar-refractivity contribution in [1.82, 2.24) is 5.32 Å². The average Bonchev–Trinajstić information content (AvgIpc) is 2.47. The molecule has 0 aromatic heterocycles. The lowest BCUT2D eigenvalue weighted by Gasteiger charge is -2.48. The van der Waals surface area contributed by atoms with Crippen molar-refractivity contribution in [3.63, 3.8) is 0 Å². The normalized spacial score (nSPS) is 47.2. The van der Waals surface area contributed by atoms with Crippen LogP contribution in [0.4, 0.5) is 0 Å². The largest absolute Gasteiger partial charge is 0.481 e. The van der Waals surface area contributed by atoms with E-state index in [-0.39, 0.29) is 5.60 Å². The number of carboxylic acid groups (broad SMARTS) is 1. The van der Waals surface area contributed by atoms with E-state index in [1.807, 2.05) is 0 Å². The molecule has 0 amide bonds. The molecule has 3 heterocycles. The molecular weight excluding hydrogens is 184 g/mol. The van der Waals surface area contributed by atoms with Gasteiger partial charge < -0.3 is 20.9 Å². The van der Waals surface area contributed by atoms with Gasteiger partial charge in [-0.15, -0.1) is 0 Å². The number of hydrogen-bond donors (Lipinski definition) is 3. The van der Waals surface area contributed by atoms with Crippen LogP contribution in [0.3, 0.4) is 0 Å². The lowest BCUT2D eigenvalue weighted by atomic mass is 9.54. The van der Waals surface area contributed by atoms with Crippen LogP contribution in [0.1, 0.15) is 12.8 Å². The van der Waals surface area contributed by atoms with E-state index in [2.05, 4.69) is 5.32 Å². The van der Waals surface area contributed by atoms with Crippen LogP contribution in [0.15, 0.2) is 0 Å². The van der Waals surface area contributed by atoms with Crippen molar-refractivity contribution in [3.8, 4) is 0 Å². The van der Waals surface area contributed by atoms with Gasteiger partial charge in [0.15, 0.2) is 0 Å². The van der Waals surface area contributed by atoms with Crippen molar-refractivity contribution in [2.24, 2.45) is 11.1 Å². The van der Waals surface area contributed by atoms with E-state index in [1.54, 1.807) is 0 Å². The number of hydrogen-bond acceptors (Lipinski definition) is 4. The highest BCUT2D eigenvalue weighted by molar-refractivity contribution is 5.80. The molecule has 0 unspecified atom stereocenters. The van der Waals surface area contributed by atoms with Crippen molar-refractivity contribution in [2.45, 2.75) is 24.0 Å². The van der Waals surface area contributed by atoms with E-state index in [1.165, 1.54) is 0 Å². The van der Waals surface area contributed by atoms with Crippen LogP contribution in [0.2, 0.25) is 0 Å². The summed E-state index contributed by atoms with van der Waals surface area (Å²) in [6, 6.07) is 0. The standard InChI is InChI=1S/C9H14N2O3/c10-3-7-1-8(2-7,6(12)13)9(14-7)4-11-5-9/h11H,1-5,10H2,(H,12,13). The first-order valence-corrected chi connectivity index (χ1v) is 4.93. The number of nitrogens with one attached hydrogen (secondary N) is 1. The third-order valence-corrected chi connectivity index (χ3v) is 4.13. The average molecular weight is 198 g/mol. The molecule has 1 saturated carbocycles. The van der Waals surface area contributed by atoms with Crippen LogP contribution in [0, 0.1) is 5.41 Å². The summed E-state index contributed by atoms with van der Waals surface area (Å²) in [5, 5.41) is 12.4. The maximum Gasteiger partial charge on any atom is 0.312 e. The van der Waals surface area contributed by atoms with Crippen LogP contribution in [0.25, 0.3) is 0 Å². The van der Waals surface area contributed by atoms with Crippen LogP contribution in [-0.2, 0) is 9.53 Å². The second-order valence-electron chi connectivity index (χ2n) is 4.83. The monoisotopic (exact) mass is 198 g/mol. The van der Waals surface area contributed by atoms with Gasteiger partial charge in [-0.05, 0) is 12.8 Å². The Morgan fingerprint density at radius 3 is 2.43 bits per heavy atom. The molecule has 14 heavy (non-hydrogen) atoms. The van der Waals surface area contributed by atoms with E-state index < -0.39 is 17.0 Å². The van der Waals surface area contributed by atoms with Gasteiger partial charge in [-0.3, -0.25) is 4.79 Å². The molecule has 5 heteroatoms. The maximum atomic E-state index is 11.3. The SMILES string of the molecule is NCC12CC(C(=O)O)(C1)C1(CNC1)O2. The van der Waals surface area contributed by atoms with Gasteiger partial charge in [0.05, 0.1) is 5.60 Å². The summed E-state index contributed by atoms with van der Waals surface area (Å²) in [6.45, 7) is 1.74. The van der Waals surface area contributed by atoms with Gasteiger partial charge in [-0.2, -0.15) is 0 Å². The highest BCUT2D eigenvalue weighted by Gasteiger charge is 2.79. The van der Waals surface area contributed by atoms with Crippen molar-refractivity contribution in [3.05, 3.63) is 0 Å². The minimum absolute atomic E-state index is 0.333. The fourth-order valence-electron chi connectivity index (χ4n) is 3.25. The van der Waals surface area contributed by atoms with Crippen molar-refractivity contribution >= 4 is 5.97 Å². The smallest absolute Gasteiger partial charge is 0.312 e. The molecule has 4 fully saturated rings. The Kier molecular flexibility index (Phi) is 1.31. The number of nitrogens with two attached hydrogens (primary N) is 1. The Balaban J connectivity index is 1.98. The lowest BCUT2D eigenvalue weighted by Crippen LogP contribution is -2.68. The second-order valence-corrected chi connectivity index (χ2v) is 4.83. The van der Waals surface area contributed by atoms with E-state index in [4.69, 9.17) is 10.5 Å². The van der Waals surface area contributed by atoms with Gasteiger partial charge in [-0.25, -0.2) is 0 Å². The van der Waals surface area contributed by atoms with Gasteiger partial charge in [0, 0.05) is 19.6 Å². The van der Waals surface area contributed by atoms with Crippen molar-refractivity contribution in [2.75, 3.05) is 19.6 Å². The van der Waals surface area contributed by atoms with E-state index in [0.717, 1.165) is 0 Å². The molecule has 0 radical (unpaired) electrons. The number of aliphatic carboxylic acids is 1. The zero-order chi connectivity index (χ0) is 10.0. The van der Waals surface area contributed by atoms with Crippen LogP contribution in [0.5, 0.6) is 0 Å². The number of rotatable bonds is 2. The molecule has 3 saturated heterocycles. The molecule has 4 aliphatic rings. The fourth-order valence-corrected chi connectivity index (χ4v) is 3.25. The first kappa shape index (κ1) is 8.64. The van der Waals surface area contributed by atoms with Crippen LogP contribution in [-0.4, -0.2) is 41.9 Å². The Morgan fingerprint density at radius 1 is 1.50 bits per heavy atom. The molecule has 4 N–H and O–H groups in total. The molecule has 4 rings (SSSR count). The zero-order valence-electron chi connectivity index (χ0n) is 7.88. The summed E-state index contributed by atoms with van der Waals surface area (Å²) in [4.78, 5) is 11.3. The maximum absolute atomic E-state index is 11.3. The number of ether oxygens (including phenoxy) is 1. The summed E-state index contributed by atoms with van der Waals surface area (Å²) in [5.74, 6) is -0.722.